The molecule has 1 aliphatic carbocycles. The minimum absolute atomic E-state index is 0.504. The highest BCUT2D eigenvalue weighted by Crippen LogP contribution is 2.35. The van der Waals surface area contributed by atoms with E-state index in [0.29, 0.717) is 12.0 Å². The molecule has 5 rings (SSSR count). The van der Waals surface area contributed by atoms with E-state index in [1.165, 1.54) is 19.3 Å². The first-order chi connectivity index (χ1) is 13.2. The molecule has 0 amide bonds. The summed E-state index contributed by atoms with van der Waals surface area (Å²) in [6.07, 6.45) is 5.51. The van der Waals surface area contributed by atoms with Crippen molar-refractivity contribution >= 4 is 11.5 Å². The van der Waals surface area contributed by atoms with E-state index in [2.05, 4.69) is 43.1 Å². The van der Waals surface area contributed by atoms with Crippen LogP contribution in [-0.2, 0) is 6.54 Å². The van der Waals surface area contributed by atoms with Gasteiger partial charge in [-0.3, -0.25) is 4.90 Å². The molecule has 1 saturated carbocycles. The average molecular weight is 364 g/mol. The zero-order chi connectivity index (χ0) is 18.4. The second kappa shape index (κ2) is 6.53. The Kier molecular flexibility index (Phi) is 4.00. The molecule has 8 nitrogen and oxygen atoms in total. The highest BCUT2D eigenvalue weighted by atomic mass is 15.4. The van der Waals surface area contributed by atoms with Crippen LogP contribution in [0.25, 0.3) is 5.65 Å². The Morgan fingerprint density at radius 1 is 1.15 bits per heavy atom. The summed E-state index contributed by atoms with van der Waals surface area (Å²) in [5.41, 5.74) is 1.91. The summed E-state index contributed by atoms with van der Waals surface area (Å²) in [6, 6.07) is 6.57. The lowest BCUT2D eigenvalue weighted by Gasteiger charge is -2.44. The minimum Gasteiger partial charge on any atom is -0.352 e. The predicted molar refractivity (Wildman–Crippen MR) is 102 cm³/mol. The summed E-state index contributed by atoms with van der Waals surface area (Å²) in [6.45, 7) is 4.71. The third kappa shape index (κ3) is 3.03. The van der Waals surface area contributed by atoms with Gasteiger partial charge in [0.25, 0.3) is 0 Å². The van der Waals surface area contributed by atoms with Gasteiger partial charge in [0.05, 0.1) is 5.69 Å². The Balaban J connectivity index is 1.26. The third-order valence-corrected chi connectivity index (χ3v) is 5.80. The van der Waals surface area contributed by atoms with Gasteiger partial charge in [0, 0.05) is 37.8 Å². The lowest BCUT2D eigenvalue weighted by molar-refractivity contribution is 0.194. The van der Waals surface area contributed by atoms with Crippen LogP contribution in [0.4, 0.5) is 5.82 Å². The molecule has 3 aromatic heterocycles. The van der Waals surface area contributed by atoms with Gasteiger partial charge >= 0.3 is 0 Å². The number of hydrogen-bond donors (Lipinski definition) is 0. The van der Waals surface area contributed by atoms with Crippen LogP contribution in [0.15, 0.2) is 24.4 Å². The molecule has 0 aromatic carbocycles. The SMILES string of the molecule is Cc1nccc(CN(C)C2CN(c3ccc4nnc(C5CCC5)n4n3)C2)n1. The molecule has 27 heavy (non-hydrogen) atoms. The first-order valence-corrected chi connectivity index (χ1v) is 9.63. The normalized spacial score (nSPS) is 18.1. The van der Waals surface area contributed by atoms with Crippen molar-refractivity contribution in [3.8, 4) is 0 Å². The standard InChI is InChI=1S/C19H24N8/c1-13-20-9-8-15(21-13)10-25(2)16-11-26(12-16)18-7-6-17-22-23-19(27(17)24-18)14-4-3-5-14/h6-9,14,16H,3-5,10-12H2,1-2H3. The van der Waals surface area contributed by atoms with Gasteiger partial charge in [0.2, 0.25) is 0 Å². The Bertz CT molecular complexity index is 957. The molecule has 1 aliphatic heterocycles. The minimum atomic E-state index is 0.504. The van der Waals surface area contributed by atoms with E-state index < -0.39 is 0 Å². The van der Waals surface area contributed by atoms with Crippen molar-refractivity contribution < 1.29 is 0 Å². The summed E-state index contributed by atoms with van der Waals surface area (Å²) >= 11 is 0. The molecule has 0 spiro atoms. The van der Waals surface area contributed by atoms with E-state index in [-0.39, 0.29) is 0 Å². The summed E-state index contributed by atoms with van der Waals surface area (Å²) < 4.78 is 1.94. The molecule has 140 valence electrons. The first kappa shape index (κ1) is 16.6. The molecule has 1 saturated heterocycles. The van der Waals surface area contributed by atoms with Crippen LogP contribution in [0.5, 0.6) is 0 Å². The zero-order valence-corrected chi connectivity index (χ0v) is 15.8. The molecule has 2 fully saturated rings. The summed E-state index contributed by atoms with van der Waals surface area (Å²) in [5, 5.41) is 13.5. The monoisotopic (exact) mass is 364 g/mol. The van der Waals surface area contributed by atoms with Gasteiger partial charge in [0.1, 0.15) is 11.6 Å². The smallest absolute Gasteiger partial charge is 0.178 e. The third-order valence-electron chi connectivity index (χ3n) is 5.80. The van der Waals surface area contributed by atoms with Crippen molar-refractivity contribution in [3.63, 3.8) is 0 Å². The highest BCUT2D eigenvalue weighted by molar-refractivity contribution is 5.48. The molecule has 0 atom stereocenters. The molecule has 8 heteroatoms. The van der Waals surface area contributed by atoms with Crippen molar-refractivity contribution in [2.75, 3.05) is 25.0 Å². The van der Waals surface area contributed by atoms with E-state index in [1.807, 2.05) is 29.8 Å². The molecule has 4 heterocycles. The number of anilines is 1. The Labute approximate surface area is 158 Å². The van der Waals surface area contributed by atoms with Crippen LogP contribution >= 0.6 is 0 Å². The van der Waals surface area contributed by atoms with Crippen molar-refractivity contribution in [3.05, 3.63) is 41.7 Å². The molecular weight excluding hydrogens is 340 g/mol. The lowest BCUT2D eigenvalue weighted by atomic mass is 9.85. The van der Waals surface area contributed by atoms with Crippen molar-refractivity contribution in [1.29, 1.82) is 0 Å². The number of aromatic nitrogens is 6. The fourth-order valence-corrected chi connectivity index (χ4v) is 3.78. The second-order valence-corrected chi connectivity index (χ2v) is 7.72. The van der Waals surface area contributed by atoms with E-state index >= 15 is 0 Å². The molecule has 2 aliphatic rings. The van der Waals surface area contributed by atoms with Crippen molar-refractivity contribution in [2.45, 2.75) is 44.7 Å². The van der Waals surface area contributed by atoms with Crippen molar-refractivity contribution in [2.24, 2.45) is 0 Å². The maximum absolute atomic E-state index is 4.83. The van der Waals surface area contributed by atoms with Gasteiger partial charge in [-0.1, -0.05) is 6.42 Å². The quantitative estimate of drug-likeness (QED) is 0.683. The van der Waals surface area contributed by atoms with Crippen LogP contribution in [-0.4, -0.2) is 60.9 Å². The first-order valence-electron chi connectivity index (χ1n) is 9.63. The number of rotatable bonds is 5. The Hall–Kier alpha value is -2.61. The average Bonchev–Trinajstić information content (AvgIpc) is 2.95. The van der Waals surface area contributed by atoms with Gasteiger partial charge in [-0.25, -0.2) is 9.97 Å². The number of nitrogens with zero attached hydrogens (tertiary/aromatic N) is 8. The van der Waals surface area contributed by atoms with E-state index in [9.17, 15) is 0 Å². The number of fused-ring (bicyclic) bond motifs is 1. The highest BCUT2D eigenvalue weighted by Gasteiger charge is 2.32. The van der Waals surface area contributed by atoms with Crippen LogP contribution in [0.1, 0.15) is 42.5 Å². The summed E-state index contributed by atoms with van der Waals surface area (Å²) in [4.78, 5) is 13.3. The maximum atomic E-state index is 4.83. The molecule has 0 bridgehead atoms. The molecule has 0 N–H and O–H groups in total. The molecule has 3 aromatic rings. The number of hydrogen-bond acceptors (Lipinski definition) is 7. The van der Waals surface area contributed by atoms with Crippen LogP contribution in [0.2, 0.25) is 0 Å². The lowest BCUT2D eigenvalue weighted by Crippen LogP contribution is -2.58. The largest absolute Gasteiger partial charge is 0.352 e. The Morgan fingerprint density at radius 3 is 2.74 bits per heavy atom. The fourth-order valence-electron chi connectivity index (χ4n) is 3.78. The topological polar surface area (TPSA) is 75.3 Å². The zero-order valence-electron chi connectivity index (χ0n) is 15.8. The van der Waals surface area contributed by atoms with Gasteiger partial charge < -0.3 is 4.90 Å². The predicted octanol–water partition coefficient (Wildman–Crippen LogP) is 1.81. The van der Waals surface area contributed by atoms with Crippen LogP contribution < -0.4 is 4.90 Å². The molecule has 0 unspecified atom stereocenters. The summed E-state index contributed by atoms with van der Waals surface area (Å²) in [5.74, 6) is 3.37. The fraction of sp³-hybridized carbons (Fsp3) is 0.526. The van der Waals surface area contributed by atoms with Gasteiger partial charge in [-0.2, -0.15) is 4.52 Å². The Morgan fingerprint density at radius 2 is 2.00 bits per heavy atom. The van der Waals surface area contributed by atoms with Crippen molar-refractivity contribution in [1.82, 2.24) is 34.7 Å². The molecular formula is C19H24N8. The van der Waals surface area contributed by atoms with E-state index in [0.717, 1.165) is 48.4 Å². The second-order valence-electron chi connectivity index (χ2n) is 7.72. The summed E-state index contributed by atoms with van der Waals surface area (Å²) in [7, 11) is 2.16. The molecule has 0 radical (unpaired) electrons. The van der Waals surface area contributed by atoms with Crippen LogP contribution in [0, 0.1) is 6.92 Å². The van der Waals surface area contributed by atoms with E-state index in [1.54, 1.807) is 0 Å². The van der Waals surface area contributed by atoms with Gasteiger partial charge in [0.15, 0.2) is 11.5 Å². The number of aryl methyl sites for hydroxylation is 1. The maximum Gasteiger partial charge on any atom is 0.178 e. The van der Waals surface area contributed by atoms with Gasteiger partial charge in [-0.05, 0) is 45.0 Å². The van der Waals surface area contributed by atoms with Gasteiger partial charge in [-0.15, -0.1) is 15.3 Å². The van der Waals surface area contributed by atoms with E-state index in [4.69, 9.17) is 5.10 Å². The number of likely N-dealkylation sites (N-methyl/N-ethyl adjacent to an activating group) is 1. The van der Waals surface area contributed by atoms with Crippen LogP contribution in [0.3, 0.4) is 0 Å².